The van der Waals surface area contributed by atoms with Crippen LogP contribution < -0.4 is 0 Å². The minimum atomic E-state index is -3.07. The van der Waals surface area contributed by atoms with Gasteiger partial charge in [0.25, 0.3) is 0 Å². The van der Waals surface area contributed by atoms with E-state index in [0.717, 1.165) is 0 Å². The minimum Gasteiger partial charge on any atom is -0.465 e. The van der Waals surface area contributed by atoms with Crippen molar-refractivity contribution in [3.05, 3.63) is 11.6 Å². The molecular weight excluding hydrogens is 282 g/mol. The monoisotopic (exact) mass is 301 g/mol. The lowest BCUT2D eigenvalue weighted by Gasteiger charge is -2.19. The smallest absolute Gasteiger partial charge is 0.316 e. The highest BCUT2D eigenvalue weighted by Gasteiger charge is 2.41. The largest absolute Gasteiger partial charge is 0.465 e. The summed E-state index contributed by atoms with van der Waals surface area (Å²) in [5.41, 5.74) is 0. The number of sulfone groups is 1. The van der Waals surface area contributed by atoms with Gasteiger partial charge in [0.2, 0.25) is 0 Å². The van der Waals surface area contributed by atoms with Gasteiger partial charge in [-0.1, -0.05) is 0 Å². The average molecular weight is 301 g/mol. The highest BCUT2D eigenvalue weighted by atomic mass is 32.2. The van der Waals surface area contributed by atoms with Gasteiger partial charge >= 0.3 is 5.97 Å². The van der Waals surface area contributed by atoms with Crippen molar-refractivity contribution < 1.29 is 17.9 Å². The van der Waals surface area contributed by atoms with Crippen LogP contribution in [-0.4, -0.2) is 47.3 Å². The van der Waals surface area contributed by atoms with Gasteiger partial charge in [-0.15, -0.1) is 0 Å². The van der Waals surface area contributed by atoms with Gasteiger partial charge in [-0.3, -0.25) is 9.48 Å². The number of esters is 1. The third-order valence-electron chi connectivity index (χ3n) is 3.46. The van der Waals surface area contributed by atoms with Crippen molar-refractivity contribution in [1.29, 1.82) is 0 Å². The van der Waals surface area contributed by atoms with E-state index < -0.39 is 21.7 Å². The van der Waals surface area contributed by atoms with Gasteiger partial charge in [0.15, 0.2) is 9.84 Å². The number of aryl methyl sites for hydroxylation is 2. The zero-order valence-corrected chi connectivity index (χ0v) is 12.7. The van der Waals surface area contributed by atoms with Crippen molar-refractivity contribution in [2.45, 2.75) is 26.2 Å². The van der Waals surface area contributed by atoms with Gasteiger partial charge in [0.05, 0.1) is 18.1 Å². The number of carbonyl (C=O) groups is 1. The fourth-order valence-electron chi connectivity index (χ4n) is 2.63. The van der Waals surface area contributed by atoms with E-state index in [0.29, 0.717) is 18.1 Å². The molecule has 0 saturated carbocycles. The number of hydrogen-bond acceptors (Lipinski definition) is 6. The van der Waals surface area contributed by atoms with Crippen molar-refractivity contribution >= 4 is 15.8 Å². The molecule has 0 aromatic carbocycles. The molecule has 112 valence electrons. The van der Waals surface area contributed by atoms with Crippen molar-refractivity contribution in [1.82, 2.24) is 14.8 Å². The quantitative estimate of drug-likeness (QED) is 0.738. The molecule has 0 N–H and O–H groups in total. The van der Waals surface area contributed by atoms with Crippen molar-refractivity contribution in [2.24, 2.45) is 13.0 Å². The minimum absolute atomic E-state index is 0.00237. The first-order chi connectivity index (χ1) is 9.34. The molecule has 2 atom stereocenters. The molecule has 1 aromatic heterocycles. The number of aromatic nitrogens is 3. The molecule has 1 aromatic rings. The van der Waals surface area contributed by atoms with E-state index in [1.54, 1.807) is 20.9 Å². The standard InChI is InChI=1S/C12H19N3O4S/c1-4-19-12(16)10(9-5-6-20(17,18)7-9)11-13-8(2)14-15(11)3/h9-10H,4-7H2,1-3H3. The van der Waals surface area contributed by atoms with Crippen molar-refractivity contribution in [2.75, 3.05) is 18.1 Å². The van der Waals surface area contributed by atoms with Gasteiger partial charge in [-0.2, -0.15) is 5.10 Å². The number of hydrogen-bond donors (Lipinski definition) is 0. The summed E-state index contributed by atoms with van der Waals surface area (Å²) in [5.74, 6) is -0.238. The molecule has 2 unspecified atom stereocenters. The molecule has 2 rings (SSSR count). The van der Waals surface area contributed by atoms with Crippen LogP contribution in [0.3, 0.4) is 0 Å². The number of carbonyl (C=O) groups excluding carboxylic acids is 1. The van der Waals surface area contributed by atoms with Crippen LogP contribution in [0, 0.1) is 12.8 Å². The van der Waals surface area contributed by atoms with Crippen LogP contribution in [0.15, 0.2) is 0 Å². The zero-order chi connectivity index (χ0) is 14.9. The molecule has 1 fully saturated rings. The molecule has 2 heterocycles. The number of rotatable bonds is 4. The molecule has 1 aliphatic rings. The summed E-state index contributed by atoms with van der Waals surface area (Å²) in [6, 6.07) is 0. The molecule has 20 heavy (non-hydrogen) atoms. The third-order valence-corrected chi connectivity index (χ3v) is 5.25. The predicted octanol–water partition coefficient (Wildman–Crippen LogP) is 0.205. The van der Waals surface area contributed by atoms with Gasteiger partial charge in [-0.25, -0.2) is 13.4 Å². The molecular formula is C12H19N3O4S. The Kier molecular flexibility index (Phi) is 4.12. The van der Waals surface area contributed by atoms with Crippen molar-refractivity contribution in [3.8, 4) is 0 Å². The van der Waals surface area contributed by atoms with E-state index in [2.05, 4.69) is 10.1 Å². The predicted molar refractivity (Wildman–Crippen MR) is 71.9 cm³/mol. The van der Waals surface area contributed by atoms with E-state index in [9.17, 15) is 13.2 Å². The second-order valence-electron chi connectivity index (χ2n) is 5.03. The Balaban J connectivity index is 2.35. The zero-order valence-electron chi connectivity index (χ0n) is 11.9. The topological polar surface area (TPSA) is 91.2 Å². The van der Waals surface area contributed by atoms with Crippen LogP contribution in [0.2, 0.25) is 0 Å². The maximum Gasteiger partial charge on any atom is 0.316 e. The number of nitrogens with zero attached hydrogens (tertiary/aromatic N) is 3. The second-order valence-corrected chi connectivity index (χ2v) is 7.26. The summed E-state index contributed by atoms with van der Waals surface area (Å²) in [7, 11) is -1.37. The Bertz CT molecular complexity index is 608. The van der Waals surface area contributed by atoms with Crippen LogP contribution in [0.25, 0.3) is 0 Å². The van der Waals surface area contributed by atoms with Gasteiger partial charge < -0.3 is 4.74 Å². The Hall–Kier alpha value is -1.44. The lowest BCUT2D eigenvalue weighted by atomic mass is 9.91. The lowest BCUT2D eigenvalue weighted by molar-refractivity contribution is -0.146. The third kappa shape index (κ3) is 3.00. The van der Waals surface area contributed by atoms with E-state index in [1.165, 1.54) is 4.68 Å². The SMILES string of the molecule is CCOC(=O)C(c1nc(C)nn1C)C1CCS(=O)(=O)C1. The summed E-state index contributed by atoms with van der Waals surface area (Å²) in [6.45, 7) is 3.71. The summed E-state index contributed by atoms with van der Waals surface area (Å²) in [4.78, 5) is 16.5. The van der Waals surface area contributed by atoms with E-state index >= 15 is 0 Å². The first-order valence-electron chi connectivity index (χ1n) is 6.58. The summed E-state index contributed by atoms with van der Waals surface area (Å²) in [5, 5.41) is 4.13. The molecule has 7 nitrogen and oxygen atoms in total. The highest BCUT2D eigenvalue weighted by molar-refractivity contribution is 7.91. The fraction of sp³-hybridized carbons (Fsp3) is 0.750. The van der Waals surface area contributed by atoms with E-state index in [4.69, 9.17) is 4.74 Å². The van der Waals surface area contributed by atoms with Gasteiger partial charge in [0, 0.05) is 7.05 Å². The molecule has 8 heteroatoms. The Morgan fingerprint density at radius 1 is 1.55 bits per heavy atom. The molecule has 0 aliphatic carbocycles. The van der Waals surface area contributed by atoms with Crippen LogP contribution >= 0.6 is 0 Å². The molecule has 0 spiro atoms. The maximum atomic E-state index is 12.2. The van der Waals surface area contributed by atoms with Gasteiger partial charge in [0.1, 0.15) is 17.6 Å². The van der Waals surface area contributed by atoms with Crippen LogP contribution in [0.1, 0.15) is 30.9 Å². The maximum absolute atomic E-state index is 12.2. The van der Waals surface area contributed by atoms with Crippen LogP contribution in [-0.2, 0) is 26.4 Å². The number of ether oxygens (including phenoxy) is 1. The summed E-state index contributed by atoms with van der Waals surface area (Å²) < 4.78 is 29.9. The summed E-state index contributed by atoms with van der Waals surface area (Å²) >= 11 is 0. The molecule has 0 amide bonds. The highest BCUT2D eigenvalue weighted by Crippen LogP contribution is 2.33. The Morgan fingerprint density at radius 2 is 2.25 bits per heavy atom. The van der Waals surface area contributed by atoms with E-state index in [-0.39, 0.29) is 24.0 Å². The fourth-order valence-corrected chi connectivity index (χ4v) is 4.47. The molecule has 0 bridgehead atoms. The van der Waals surface area contributed by atoms with E-state index in [1.807, 2.05) is 0 Å². The Labute approximate surface area is 118 Å². The molecule has 1 aliphatic heterocycles. The van der Waals surface area contributed by atoms with Crippen molar-refractivity contribution in [3.63, 3.8) is 0 Å². The molecule has 1 saturated heterocycles. The van der Waals surface area contributed by atoms with Crippen LogP contribution in [0.4, 0.5) is 0 Å². The molecule has 0 radical (unpaired) electrons. The first-order valence-corrected chi connectivity index (χ1v) is 8.40. The Morgan fingerprint density at radius 3 is 2.70 bits per heavy atom. The first kappa shape index (κ1) is 15.0. The van der Waals surface area contributed by atoms with Gasteiger partial charge in [-0.05, 0) is 26.2 Å². The normalized spacial score (nSPS) is 22.6. The average Bonchev–Trinajstić information content (AvgIpc) is 2.83. The lowest BCUT2D eigenvalue weighted by Crippen LogP contribution is -2.27. The second kappa shape index (κ2) is 5.51. The summed E-state index contributed by atoms with van der Waals surface area (Å²) in [6.07, 6.45) is 0.456. The van der Waals surface area contributed by atoms with Crippen LogP contribution in [0.5, 0.6) is 0 Å².